The highest BCUT2D eigenvalue weighted by Crippen LogP contribution is 2.23. The van der Waals surface area contributed by atoms with E-state index < -0.39 is 10.1 Å². The minimum atomic E-state index is -3.74. The van der Waals surface area contributed by atoms with Crippen molar-refractivity contribution in [3.8, 4) is 5.75 Å². The van der Waals surface area contributed by atoms with Gasteiger partial charge >= 0.3 is 10.1 Å². The van der Waals surface area contributed by atoms with Crippen molar-refractivity contribution in [2.75, 3.05) is 0 Å². The number of para-hydroxylation sites is 1. The van der Waals surface area contributed by atoms with Crippen molar-refractivity contribution in [3.63, 3.8) is 0 Å². The monoisotopic (exact) mass is 360 g/mol. The summed E-state index contributed by atoms with van der Waals surface area (Å²) in [5.41, 5.74) is 0. The summed E-state index contributed by atoms with van der Waals surface area (Å²) in [6, 6.07) is 15.1. The maximum atomic E-state index is 11.9. The molecule has 0 radical (unpaired) electrons. The normalized spacial score (nSPS) is 11.1. The van der Waals surface area contributed by atoms with Crippen molar-refractivity contribution in [1.82, 2.24) is 0 Å². The molecule has 0 aliphatic carbocycles. The standard InChI is InChI=1S/C12H9IO3S/c13-11-8-4-5-9-12(11)16-17(14,15)10-6-2-1-3-7-10/h1-9H. The first-order valence-corrected chi connectivity index (χ1v) is 7.32. The number of hydrogen-bond donors (Lipinski definition) is 0. The molecule has 0 saturated heterocycles. The summed E-state index contributed by atoms with van der Waals surface area (Å²) < 4.78 is 29.7. The van der Waals surface area contributed by atoms with E-state index in [2.05, 4.69) is 0 Å². The lowest BCUT2D eigenvalue weighted by Gasteiger charge is -2.07. The Morgan fingerprint density at radius 1 is 0.882 bits per heavy atom. The van der Waals surface area contributed by atoms with E-state index in [9.17, 15) is 8.42 Å². The average Bonchev–Trinajstić information content (AvgIpc) is 2.33. The molecule has 0 spiro atoms. The molecule has 0 fully saturated rings. The molecule has 2 aromatic rings. The summed E-state index contributed by atoms with van der Waals surface area (Å²) in [5, 5.41) is 0. The smallest absolute Gasteiger partial charge is 0.339 e. The van der Waals surface area contributed by atoms with Gasteiger partial charge in [-0.3, -0.25) is 0 Å². The zero-order valence-electron chi connectivity index (χ0n) is 8.71. The summed E-state index contributed by atoms with van der Waals surface area (Å²) in [7, 11) is -3.74. The third-order valence-corrected chi connectivity index (χ3v) is 4.21. The fourth-order valence-corrected chi connectivity index (χ4v) is 2.88. The molecule has 0 N–H and O–H groups in total. The van der Waals surface area contributed by atoms with E-state index in [4.69, 9.17) is 4.18 Å². The van der Waals surface area contributed by atoms with Crippen LogP contribution >= 0.6 is 22.6 Å². The zero-order chi connectivity index (χ0) is 12.3. The summed E-state index contributed by atoms with van der Waals surface area (Å²) in [6.45, 7) is 0. The lowest BCUT2D eigenvalue weighted by Crippen LogP contribution is -2.10. The van der Waals surface area contributed by atoms with Gasteiger partial charge in [-0.2, -0.15) is 8.42 Å². The van der Waals surface area contributed by atoms with Gasteiger partial charge in [0.15, 0.2) is 5.75 Å². The number of benzene rings is 2. The molecule has 0 saturated carbocycles. The molecule has 17 heavy (non-hydrogen) atoms. The van der Waals surface area contributed by atoms with Crippen LogP contribution in [0.3, 0.4) is 0 Å². The van der Waals surface area contributed by atoms with Crippen LogP contribution in [0.15, 0.2) is 59.5 Å². The molecular formula is C12H9IO3S. The molecule has 2 aromatic carbocycles. The second kappa shape index (κ2) is 5.05. The fourth-order valence-electron chi connectivity index (χ4n) is 1.27. The van der Waals surface area contributed by atoms with Gasteiger partial charge in [-0.1, -0.05) is 30.3 Å². The van der Waals surface area contributed by atoms with E-state index in [-0.39, 0.29) is 4.90 Å². The van der Waals surface area contributed by atoms with Gasteiger partial charge in [-0.15, -0.1) is 0 Å². The molecule has 0 unspecified atom stereocenters. The molecule has 0 bridgehead atoms. The lowest BCUT2D eigenvalue weighted by atomic mass is 10.3. The van der Waals surface area contributed by atoms with Crippen LogP contribution in [0, 0.1) is 3.57 Å². The fraction of sp³-hybridized carbons (Fsp3) is 0. The molecule has 5 heteroatoms. The molecular weight excluding hydrogens is 351 g/mol. The van der Waals surface area contributed by atoms with Crippen LogP contribution in [-0.4, -0.2) is 8.42 Å². The van der Waals surface area contributed by atoms with Gasteiger partial charge in [0.25, 0.3) is 0 Å². The van der Waals surface area contributed by atoms with Gasteiger partial charge in [0, 0.05) is 0 Å². The molecule has 0 amide bonds. The molecule has 88 valence electrons. The Balaban J connectivity index is 2.34. The van der Waals surface area contributed by atoms with Crippen LogP contribution in [-0.2, 0) is 10.1 Å². The van der Waals surface area contributed by atoms with E-state index in [0.29, 0.717) is 5.75 Å². The number of rotatable bonds is 3. The molecule has 0 aromatic heterocycles. The Morgan fingerprint density at radius 2 is 1.47 bits per heavy atom. The second-order valence-electron chi connectivity index (χ2n) is 3.28. The average molecular weight is 360 g/mol. The van der Waals surface area contributed by atoms with Gasteiger partial charge in [-0.05, 0) is 46.9 Å². The Morgan fingerprint density at radius 3 is 2.12 bits per heavy atom. The minimum Gasteiger partial charge on any atom is -0.378 e. The van der Waals surface area contributed by atoms with Crippen LogP contribution in [0.1, 0.15) is 0 Å². The summed E-state index contributed by atoms with van der Waals surface area (Å²) in [5.74, 6) is 0.344. The molecule has 0 heterocycles. The number of hydrogen-bond acceptors (Lipinski definition) is 3. The van der Waals surface area contributed by atoms with Crippen molar-refractivity contribution < 1.29 is 12.6 Å². The van der Waals surface area contributed by atoms with Gasteiger partial charge in [0.05, 0.1) is 3.57 Å². The SMILES string of the molecule is O=S(=O)(Oc1ccccc1I)c1ccccc1. The maximum absolute atomic E-state index is 11.9. The lowest BCUT2D eigenvalue weighted by molar-refractivity contribution is 0.484. The van der Waals surface area contributed by atoms with Gasteiger partial charge in [-0.25, -0.2) is 0 Å². The summed E-state index contributed by atoms with van der Waals surface area (Å²) >= 11 is 2.03. The van der Waals surface area contributed by atoms with Crippen LogP contribution in [0.5, 0.6) is 5.75 Å². The Hall–Kier alpha value is -1.08. The van der Waals surface area contributed by atoms with Crippen molar-refractivity contribution >= 4 is 32.7 Å². The van der Waals surface area contributed by atoms with Crippen LogP contribution < -0.4 is 4.18 Å². The van der Waals surface area contributed by atoms with Crippen LogP contribution in [0.2, 0.25) is 0 Å². The molecule has 3 nitrogen and oxygen atoms in total. The van der Waals surface area contributed by atoms with Crippen LogP contribution in [0.25, 0.3) is 0 Å². The van der Waals surface area contributed by atoms with Gasteiger partial charge in [0.2, 0.25) is 0 Å². The van der Waals surface area contributed by atoms with E-state index in [1.165, 1.54) is 12.1 Å². The Bertz CT molecular complexity index is 609. The van der Waals surface area contributed by atoms with E-state index in [1.807, 2.05) is 28.7 Å². The summed E-state index contributed by atoms with van der Waals surface area (Å²) in [6.07, 6.45) is 0. The van der Waals surface area contributed by atoms with E-state index in [0.717, 1.165) is 3.57 Å². The van der Waals surface area contributed by atoms with E-state index in [1.54, 1.807) is 36.4 Å². The van der Waals surface area contributed by atoms with E-state index >= 15 is 0 Å². The third-order valence-electron chi connectivity index (χ3n) is 2.07. The first-order chi connectivity index (χ1) is 8.09. The molecule has 0 atom stereocenters. The Kier molecular flexibility index (Phi) is 3.68. The zero-order valence-corrected chi connectivity index (χ0v) is 11.7. The molecule has 0 aliphatic heterocycles. The van der Waals surface area contributed by atoms with Crippen molar-refractivity contribution in [2.45, 2.75) is 4.90 Å². The van der Waals surface area contributed by atoms with Crippen molar-refractivity contribution in [2.24, 2.45) is 0 Å². The van der Waals surface area contributed by atoms with Gasteiger partial charge < -0.3 is 4.18 Å². The largest absolute Gasteiger partial charge is 0.378 e. The number of halogens is 1. The third kappa shape index (κ3) is 2.98. The second-order valence-corrected chi connectivity index (χ2v) is 5.99. The highest BCUT2D eigenvalue weighted by molar-refractivity contribution is 14.1. The van der Waals surface area contributed by atoms with Gasteiger partial charge in [0.1, 0.15) is 4.90 Å². The maximum Gasteiger partial charge on any atom is 0.339 e. The predicted molar refractivity (Wildman–Crippen MR) is 73.4 cm³/mol. The first kappa shape index (κ1) is 12.4. The van der Waals surface area contributed by atoms with Crippen molar-refractivity contribution in [3.05, 3.63) is 58.2 Å². The molecule has 2 rings (SSSR count). The summed E-state index contributed by atoms with van der Waals surface area (Å²) in [4.78, 5) is 0.152. The molecule has 0 aliphatic rings. The Labute approximate surface area is 114 Å². The topological polar surface area (TPSA) is 43.4 Å². The highest BCUT2D eigenvalue weighted by atomic mass is 127. The van der Waals surface area contributed by atoms with Crippen molar-refractivity contribution in [1.29, 1.82) is 0 Å². The minimum absolute atomic E-state index is 0.152. The predicted octanol–water partition coefficient (Wildman–Crippen LogP) is 3.06. The first-order valence-electron chi connectivity index (χ1n) is 4.84. The highest BCUT2D eigenvalue weighted by Gasteiger charge is 2.16. The quantitative estimate of drug-likeness (QED) is 0.624. The van der Waals surface area contributed by atoms with Crippen LogP contribution in [0.4, 0.5) is 0 Å².